The Morgan fingerprint density at radius 2 is 1.90 bits per heavy atom. The maximum atomic E-state index is 12.7. The number of carbonyl (C=O) groups excluding carboxylic acids is 1. The summed E-state index contributed by atoms with van der Waals surface area (Å²) in [7, 11) is 0. The van der Waals surface area contributed by atoms with Crippen LogP contribution >= 0.6 is 0 Å². The molecule has 3 N–H and O–H groups in total. The second kappa shape index (κ2) is 6.60. The van der Waals surface area contributed by atoms with Crippen LogP contribution in [0.5, 0.6) is 0 Å². The van der Waals surface area contributed by atoms with Crippen molar-refractivity contribution < 1.29 is 23.1 Å². The van der Waals surface area contributed by atoms with E-state index in [9.17, 15) is 18.0 Å². The Morgan fingerprint density at radius 1 is 1.30 bits per heavy atom. The van der Waals surface area contributed by atoms with Crippen molar-refractivity contribution in [2.75, 3.05) is 11.9 Å². The first-order chi connectivity index (χ1) is 9.25. The van der Waals surface area contributed by atoms with Crippen LogP contribution in [-0.4, -0.2) is 23.8 Å². The van der Waals surface area contributed by atoms with Gasteiger partial charge in [0.2, 0.25) is 0 Å². The molecule has 0 aliphatic heterocycles. The van der Waals surface area contributed by atoms with Gasteiger partial charge >= 0.3 is 12.2 Å². The van der Waals surface area contributed by atoms with E-state index in [2.05, 4.69) is 10.6 Å². The number of rotatable bonds is 4. The largest absolute Gasteiger partial charge is 0.418 e. The van der Waals surface area contributed by atoms with E-state index in [0.717, 1.165) is 6.07 Å². The van der Waals surface area contributed by atoms with Gasteiger partial charge in [0.15, 0.2) is 0 Å². The van der Waals surface area contributed by atoms with E-state index < -0.39 is 23.8 Å². The van der Waals surface area contributed by atoms with Gasteiger partial charge in [-0.15, -0.1) is 0 Å². The highest BCUT2D eigenvalue weighted by atomic mass is 19.4. The van der Waals surface area contributed by atoms with Crippen molar-refractivity contribution in [3.05, 3.63) is 29.8 Å². The molecule has 0 radical (unpaired) electrons. The number of para-hydroxylation sites is 1. The number of hydrogen-bond donors (Lipinski definition) is 3. The highest BCUT2D eigenvalue weighted by Gasteiger charge is 2.33. The van der Waals surface area contributed by atoms with Crippen LogP contribution in [0, 0.1) is 5.92 Å². The summed E-state index contributed by atoms with van der Waals surface area (Å²) in [5.41, 5.74) is -1.24. The van der Waals surface area contributed by atoms with E-state index in [0.29, 0.717) is 0 Å². The van der Waals surface area contributed by atoms with E-state index in [1.54, 1.807) is 13.8 Å². The molecule has 0 unspecified atom stereocenters. The molecule has 1 rings (SSSR count). The number of aliphatic hydroxyl groups is 1. The summed E-state index contributed by atoms with van der Waals surface area (Å²) in [5, 5.41) is 13.7. The minimum absolute atomic E-state index is 0.0383. The van der Waals surface area contributed by atoms with Crippen LogP contribution in [0.2, 0.25) is 0 Å². The zero-order chi connectivity index (χ0) is 15.3. The van der Waals surface area contributed by atoms with Crippen LogP contribution in [0.4, 0.5) is 23.7 Å². The molecule has 0 aromatic heterocycles. The first-order valence-electron chi connectivity index (χ1n) is 6.10. The lowest BCUT2D eigenvalue weighted by Gasteiger charge is -2.21. The van der Waals surface area contributed by atoms with E-state index in [1.807, 2.05) is 0 Å². The summed E-state index contributed by atoms with van der Waals surface area (Å²) in [6, 6.07) is 3.41. The monoisotopic (exact) mass is 290 g/mol. The van der Waals surface area contributed by atoms with Gasteiger partial charge in [-0.25, -0.2) is 4.79 Å². The van der Waals surface area contributed by atoms with E-state index in [4.69, 9.17) is 5.11 Å². The lowest BCUT2D eigenvalue weighted by molar-refractivity contribution is -0.136. The van der Waals surface area contributed by atoms with Gasteiger partial charge in [-0.3, -0.25) is 0 Å². The normalized spacial score (nSPS) is 13.2. The molecule has 0 bridgehead atoms. The molecule has 0 spiro atoms. The quantitative estimate of drug-likeness (QED) is 0.798. The van der Waals surface area contributed by atoms with Gasteiger partial charge in [0, 0.05) is 0 Å². The molecular formula is C13H17F3N2O2. The minimum atomic E-state index is -4.54. The number of anilines is 1. The Hall–Kier alpha value is -1.76. The molecule has 1 aromatic carbocycles. The predicted octanol–water partition coefficient (Wildman–Crippen LogP) is 2.84. The molecule has 112 valence electrons. The van der Waals surface area contributed by atoms with Crippen molar-refractivity contribution in [2.24, 2.45) is 5.92 Å². The fraction of sp³-hybridized carbons (Fsp3) is 0.462. The van der Waals surface area contributed by atoms with E-state index in [1.165, 1.54) is 18.2 Å². The molecule has 0 saturated carbocycles. The Labute approximate surface area is 115 Å². The zero-order valence-electron chi connectivity index (χ0n) is 11.2. The molecular weight excluding hydrogens is 273 g/mol. The van der Waals surface area contributed by atoms with Crippen molar-refractivity contribution in [3.63, 3.8) is 0 Å². The number of aliphatic hydroxyl groups excluding tert-OH is 1. The molecule has 4 nitrogen and oxygen atoms in total. The molecule has 20 heavy (non-hydrogen) atoms. The van der Waals surface area contributed by atoms with Crippen molar-refractivity contribution in [2.45, 2.75) is 26.1 Å². The average Bonchev–Trinajstić information content (AvgIpc) is 2.35. The first-order valence-corrected chi connectivity index (χ1v) is 6.10. The van der Waals surface area contributed by atoms with E-state index >= 15 is 0 Å². The summed E-state index contributed by atoms with van der Waals surface area (Å²) in [6.45, 7) is 3.28. The Balaban J connectivity index is 2.81. The molecule has 2 amide bonds. The highest BCUT2D eigenvalue weighted by molar-refractivity contribution is 5.90. The molecule has 0 saturated heterocycles. The zero-order valence-corrected chi connectivity index (χ0v) is 11.2. The van der Waals surface area contributed by atoms with Crippen LogP contribution in [0.15, 0.2) is 24.3 Å². The van der Waals surface area contributed by atoms with Crippen molar-refractivity contribution in [1.29, 1.82) is 0 Å². The van der Waals surface area contributed by atoms with Gasteiger partial charge in [-0.05, 0) is 18.1 Å². The number of halogens is 3. The minimum Gasteiger partial charge on any atom is -0.394 e. The van der Waals surface area contributed by atoms with Crippen LogP contribution < -0.4 is 10.6 Å². The van der Waals surface area contributed by atoms with Crippen molar-refractivity contribution in [1.82, 2.24) is 5.32 Å². The molecule has 7 heteroatoms. The molecule has 0 fully saturated rings. The third-order valence-corrected chi connectivity index (χ3v) is 2.80. The van der Waals surface area contributed by atoms with Crippen LogP contribution in [0.25, 0.3) is 0 Å². The Morgan fingerprint density at radius 3 is 2.40 bits per heavy atom. The van der Waals surface area contributed by atoms with E-state index in [-0.39, 0.29) is 18.2 Å². The summed E-state index contributed by atoms with van der Waals surface area (Å²) in [5.74, 6) is -0.0383. The van der Waals surface area contributed by atoms with Crippen LogP contribution in [0.3, 0.4) is 0 Å². The smallest absolute Gasteiger partial charge is 0.394 e. The Bertz CT molecular complexity index is 461. The fourth-order valence-electron chi connectivity index (χ4n) is 1.59. The second-order valence-electron chi connectivity index (χ2n) is 4.67. The van der Waals surface area contributed by atoms with Gasteiger partial charge in [-0.1, -0.05) is 26.0 Å². The highest BCUT2D eigenvalue weighted by Crippen LogP contribution is 2.34. The van der Waals surface area contributed by atoms with Gasteiger partial charge in [0.1, 0.15) is 0 Å². The predicted molar refractivity (Wildman–Crippen MR) is 69.3 cm³/mol. The fourth-order valence-corrected chi connectivity index (χ4v) is 1.59. The van der Waals surface area contributed by atoms with Gasteiger partial charge < -0.3 is 15.7 Å². The number of nitrogens with one attached hydrogen (secondary N) is 2. The number of hydrogen-bond acceptors (Lipinski definition) is 2. The maximum Gasteiger partial charge on any atom is 0.418 e. The van der Waals surface area contributed by atoms with Crippen molar-refractivity contribution >= 4 is 11.7 Å². The van der Waals surface area contributed by atoms with Crippen molar-refractivity contribution in [3.8, 4) is 0 Å². The molecule has 1 atom stereocenters. The van der Waals surface area contributed by atoms with Gasteiger partial charge in [-0.2, -0.15) is 13.2 Å². The standard InChI is InChI=1S/C13H17F3N2O2/c1-8(2)11(7-19)18-12(20)17-10-6-4-3-5-9(10)13(14,15)16/h3-6,8,11,19H,7H2,1-2H3,(H2,17,18,20)/t11-/m1/s1. The second-order valence-corrected chi connectivity index (χ2v) is 4.67. The van der Waals surface area contributed by atoms with Crippen LogP contribution in [0.1, 0.15) is 19.4 Å². The third-order valence-electron chi connectivity index (χ3n) is 2.80. The molecule has 0 heterocycles. The summed E-state index contributed by atoms with van der Waals surface area (Å²) < 4.78 is 38.2. The summed E-state index contributed by atoms with van der Waals surface area (Å²) >= 11 is 0. The molecule has 1 aromatic rings. The number of carbonyl (C=O) groups is 1. The molecule has 0 aliphatic rings. The third kappa shape index (κ3) is 4.41. The van der Waals surface area contributed by atoms with Gasteiger partial charge in [0.25, 0.3) is 0 Å². The molecule has 0 aliphatic carbocycles. The number of benzene rings is 1. The number of alkyl halides is 3. The maximum absolute atomic E-state index is 12.7. The van der Waals surface area contributed by atoms with Gasteiger partial charge in [0.05, 0.1) is 23.9 Å². The van der Waals surface area contributed by atoms with Crippen LogP contribution in [-0.2, 0) is 6.18 Å². The summed E-state index contributed by atoms with van der Waals surface area (Å²) in [6.07, 6.45) is -4.54. The number of urea groups is 1. The lowest BCUT2D eigenvalue weighted by Crippen LogP contribution is -2.43. The Kier molecular flexibility index (Phi) is 5.38. The average molecular weight is 290 g/mol. The number of amides is 2. The summed E-state index contributed by atoms with van der Waals surface area (Å²) in [4.78, 5) is 11.7. The SMILES string of the molecule is CC(C)[C@@H](CO)NC(=O)Nc1ccccc1C(F)(F)F. The topological polar surface area (TPSA) is 61.4 Å². The lowest BCUT2D eigenvalue weighted by atomic mass is 10.1. The first kappa shape index (κ1) is 16.3.